The highest BCUT2D eigenvalue weighted by Crippen LogP contribution is 2.44. The van der Waals surface area contributed by atoms with Gasteiger partial charge >= 0.3 is 5.97 Å². The van der Waals surface area contributed by atoms with E-state index < -0.39 is 55.2 Å². The third-order valence-electron chi connectivity index (χ3n) is 10.5. The lowest BCUT2D eigenvalue weighted by molar-refractivity contribution is -0.321. The van der Waals surface area contributed by atoms with Crippen LogP contribution >= 0.6 is 0 Å². The first-order chi connectivity index (χ1) is 29.5. The molecule has 336 valence electrons. The van der Waals surface area contributed by atoms with Crippen LogP contribution in [0.5, 0.6) is 11.5 Å². The molecule has 2 fully saturated rings. The van der Waals surface area contributed by atoms with Crippen LogP contribution in [0.25, 0.3) is 0 Å². The van der Waals surface area contributed by atoms with Crippen molar-refractivity contribution >= 4 is 5.97 Å². The molecule has 4 aliphatic rings. The Morgan fingerprint density at radius 3 is 2.08 bits per heavy atom. The molecule has 0 bridgehead atoms. The zero-order valence-electron chi connectivity index (χ0n) is 36.2. The second-order valence-corrected chi connectivity index (χ2v) is 15.5. The van der Waals surface area contributed by atoms with Crippen LogP contribution in [0.1, 0.15) is 48.9 Å². The van der Waals surface area contributed by atoms with Gasteiger partial charge in [0.15, 0.2) is 24.4 Å². The maximum atomic E-state index is 12.7. The molecule has 5 rings (SSSR count). The van der Waals surface area contributed by atoms with Gasteiger partial charge in [-0.3, -0.25) is 0 Å². The van der Waals surface area contributed by atoms with E-state index in [4.69, 9.17) is 61.6 Å². The molecule has 14 nitrogen and oxygen atoms in total. The van der Waals surface area contributed by atoms with Crippen LogP contribution in [0.4, 0.5) is 0 Å². The normalized spacial score (nSPS) is 26.7. The van der Waals surface area contributed by atoms with Gasteiger partial charge in [0.05, 0.1) is 46.2 Å². The Bertz CT molecular complexity index is 1730. The lowest BCUT2D eigenvalue weighted by atomic mass is 9.87. The molecule has 1 aromatic rings. The molecule has 0 N–H and O–H groups in total. The first-order valence-electron chi connectivity index (χ1n) is 20.8. The van der Waals surface area contributed by atoms with E-state index in [1.165, 1.54) is 6.08 Å². The minimum absolute atomic E-state index is 0.0304. The number of carbonyl (C=O) groups excluding carboxylic acids is 1. The molecule has 14 heteroatoms. The Morgan fingerprint density at radius 1 is 0.754 bits per heavy atom. The van der Waals surface area contributed by atoms with Crippen molar-refractivity contribution in [3.8, 4) is 11.5 Å². The van der Waals surface area contributed by atoms with E-state index in [1.807, 2.05) is 6.92 Å². The van der Waals surface area contributed by atoms with Gasteiger partial charge in [0, 0.05) is 17.5 Å². The summed E-state index contributed by atoms with van der Waals surface area (Å²) in [4.78, 5) is 12.7. The molecular weight excluding hydrogens is 789 g/mol. The Labute approximate surface area is 360 Å². The summed E-state index contributed by atoms with van der Waals surface area (Å²) in [7, 11) is 0. The summed E-state index contributed by atoms with van der Waals surface area (Å²) in [6.45, 7) is 32.9. The summed E-state index contributed by atoms with van der Waals surface area (Å²) in [6, 6.07) is 0. The van der Waals surface area contributed by atoms with Gasteiger partial charge in [0.25, 0.3) is 0 Å². The molecule has 0 radical (unpaired) electrons. The molecule has 61 heavy (non-hydrogen) atoms. The van der Waals surface area contributed by atoms with E-state index in [1.54, 1.807) is 30.4 Å². The van der Waals surface area contributed by atoms with Crippen molar-refractivity contribution in [3.05, 3.63) is 110 Å². The summed E-state index contributed by atoms with van der Waals surface area (Å²) in [6.07, 6.45) is 5.86. The van der Waals surface area contributed by atoms with Gasteiger partial charge < -0.3 is 61.6 Å². The fraction of sp³-hybridized carbons (Fsp3) is 0.553. The summed E-state index contributed by atoms with van der Waals surface area (Å²) in [5, 5.41) is 0. The topological polar surface area (TPSA) is 137 Å². The number of benzene rings is 1. The Morgan fingerprint density at radius 2 is 1.39 bits per heavy atom. The largest absolute Gasteiger partial charge is 0.489 e. The zero-order valence-corrected chi connectivity index (χ0v) is 36.2. The second kappa shape index (κ2) is 23.3. The zero-order chi connectivity index (χ0) is 43.9. The van der Waals surface area contributed by atoms with E-state index in [2.05, 4.69) is 60.2 Å². The van der Waals surface area contributed by atoms with E-state index in [-0.39, 0.29) is 76.6 Å². The van der Waals surface area contributed by atoms with Crippen molar-refractivity contribution in [2.45, 2.75) is 108 Å². The fourth-order valence-electron chi connectivity index (χ4n) is 7.57. The van der Waals surface area contributed by atoms with Crippen LogP contribution in [0.2, 0.25) is 0 Å². The first-order valence-corrected chi connectivity index (χ1v) is 20.8. The summed E-state index contributed by atoms with van der Waals surface area (Å²) in [5.74, 6) is 1.17. The number of hydrogen-bond donors (Lipinski definition) is 0. The van der Waals surface area contributed by atoms with E-state index in [0.717, 1.165) is 46.6 Å². The second-order valence-electron chi connectivity index (χ2n) is 15.5. The van der Waals surface area contributed by atoms with Crippen molar-refractivity contribution < 1.29 is 66.4 Å². The minimum atomic E-state index is -0.928. The molecule has 0 aliphatic carbocycles. The SMILES string of the molecule is C=CCOC1=C(OCC=C)[C@@H]([C@@H]2COC(CCO[C@@H]3O[C@H](COCc4c5c(c(C)c(C)c4OCC=C)OC(C)(C)CC5)[C@@H](OCC=C)[C@H](OCC=C)[C@H]3OCC=C)O2)OC1=O. The molecule has 2 saturated heterocycles. The van der Waals surface area contributed by atoms with Crippen LogP contribution in [0.3, 0.4) is 0 Å². The summed E-state index contributed by atoms with van der Waals surface area (Å²) in [5.41, 5.74) is 3.72. The number of carbonyl (C=O) groups is 1. The molecule has 4 aliphatic heterocycles. The third kappa shape index (κ3) is 12.0. The average Bonchev–Trinajstić information content (AvgIpc) is 3.84. The van der Waals surface area contributed by atoms with Gasteiger partial charge in [0.1, 0.15) is 67.4 Å². The molecule has 0 amide bonds. The average molecular weight is 853 g/mol. The number of cyclic esters (lactones) is 1. The number of rotatable bonds is 27. The van der Waals surface area contributed by atoms with Crippen LogP contribution in [-0.4, -0.2) is 120 Å². The predicted molar refractivity (Wildman–Crippen MR) is 227 cm³/mol. The Kier molecular flexibility index (Phi) is 18.2. The smallest absolute Gasteiger partial charge is 0.378 e. The van der Waals surface area contributed by atoms with Crippen LogP contribution in [0.15, 0.2) is 87.4 Å². The van der Waals surface area contributed by atoms with Gasteiger partial charge in [0.2, 0.25) is 5.76 Å². The first kappa shape index (κ1) is 47.8. The van der Waals surface area contributed by atoms with Gasteiger partial charge in [-0.05, 0) is 51.7 Å². The number of hydrogen-bond acceptors (Lipinski definition) is 14. The highest BCUT2D eigenvalue weighted by atomic mass is 16.7. The van der Waals surface area contributed by atoms with Gasteiger partial charge in [-0.15, -0.1) is 19.7 Å². The van der Waals surface area contributed by atoms with Crippen LogP contribution in [0, 0.1) is 13.8 Å². The molecule has 8 atom stereocenters. The minimum Gasteiger partial charge on any atom is -0.489 e. The predicted octanol–water partition coefficient (Wildman–Crippen LogP) is 6.62. The molecule has 1 aromatic carbocycles. The quantitative estimate of drug-likeness (QED) is 0.0693. The summed E-state index contributed by atoms with van der Waals surface area (Å²) < 4.78 is 80.6. The molecule has 0 aromatic heterocycles. The fourth-order valence-corrected chi connectivity index (χ4v) is 7.57. The third-order valence-corrected chi connectivity index (χ3v) is 10.5. The van der Waals surface area contributed by atoms with Gasteiger partial charge in [-0.25, -0.2) is 4.79 Å². The van der Waals surface area contributed by atoms with E-state index in [9.17, 15) is 4.79 Å². The standard InChI is InChI=1S/C47H64O14/c1-11-20-50-37-30(7)31(8)38-32(17-19-47(9,10)61-38)33(37)27-49-28-34-39(51-21-12-2)41(52-22-13-3)44(55-25-16-6)46(59-34)56-26-18-36-57-29-35(58-36)40-42(53-23-14-4)43(45(48)60-40)54-24-15-5/h11-16,34-36,39-41,44,46H,1-6,17-29H2,7-10H3/t34-,35+,36?,39-,40-,41+,44-,46-/m1/s1. The maximum Gasteiger partial charge on any atom is 0.378 e. The van der Waals surface area contributed by atoms with Crippen LogP contribution < -0.4 is 9.47 Å². The molecule has 0 saturated carbocycles. The highest BCUT2D eigenvalue weighted by molar-refractivity contribution is 5.89. The summed E-state index contributed by atoms with van der Waals surface area (Å²) >= 11 is 0. The van der Waals surface area contributed by atoms with Crippen LogP contribution in [-0.2, 0) is 69.9 Å². The Hall–Kier alpha value is -4.25. The van der Waals surface area contributed by atoms with Crippen molar-refractivity contribution in [3.63, 3.8) is 0 Å². The Balaban J connectivity index is 1.32. The maximum absolute atomic E-state index is 12.7. The monoisotopic (exact) mass is 852 g/mol. The lowest BCUT2D eigenvalue weighted by Gasteiger charge is -2.45. The van der Waals surface area contributed by atoms with Crippen molar-refractivity contribution in [2.24, 2.45) is 0 Å². The molecule has 4 heterocycles. The lowest BCUT2D eigenvalue weighted by Crippen LogP contribution is -2.62. The van der Waals surface area contributed by atoms with E-state index >= 15 is 0 Å². The van der Waals surface area contributed by atoms with E-state index in [0.29, 0.717) is 13.0 Å². The number of fused-ring (bicyclic) bond motifs is 1. The van der Waals surface area contributed by atoms with Crippen molar-refractivity contribution in [1.29, 1.82) is 0 Å². The van der Waals surface area contributed by atoms with Gasteiger partial charge in [-0.2, -0.15) is 0 Å². The van der Waals surface area contributed by atoms with Gasteiger partial charge in [-0.1, -0.05) is 56.2 Å². The molecule has 0 spiro atoms. The van der Waals surface area contributed by atoms with Crippen molar-refractivity contribution in [1.82, 2.24) is 0 Å². The highest BCUT2D eigenvalue weighted by Gasteiger charge is 2.50. The van der Waals surface area contributed by atoms with Crippen molar-refractivity contribution in [2.75, 3.05) is 59.5 Å². The number of esters is 1. The molecular formula is C47H64O14. The number of ether oxygens (including phenoxy) is 13. The molecule has 1 unspecified atom stereocenters.